The molecule has 1 amide bonds. The Labute approximate surface area is 233 Å². The van der Waals surface area contributed by atoms with Gasteiger partial charge in [-0.1, -0.05) is 73.6 Å². The second kappa shape index (κ2) is 23.3. The number of allylic oxidation sites excluding steroid dienone is 2. The Bertz CT molecular complexity index is 616. The van der Waals surface area contributed by atoms with Gasteiger partial charge in [-0.3, -0.25) is 4.79 Å². The van der Waals surface area contributed by atoms with Gasteiger partial charge >= 0.3 is 0 Å². The smallest absolute Gasteiger partial charge is 0.222 e. The van der Waals surface area contributed by atoms with Crippen LogP contribution in [0, 0.1) is 0 Å². The maximum atomic E-state index is 11.7. The van der Waals surface area contributed by atoms with Crippen molar-refractivity contribution < 1.29 is 28.5 Å². The summed E-state index contributed by atoms with van der Waals surface area (Å²) in [6, 6.07) is 0. The van der Waals surface area contributed by atoms with Crippen molar-refractivity contribution in [2.75, 3.05) is 79.1 Å². The van der Waals surface area contributed by atoms with E-state index in [4.69, 9.17) is 23.7 Å². The van der Waals surface area contributed by atoms with Crippen molar-refractivity contribution in [3.05, 3.63) is 24.3 Å². The molecule has 0 fully saturated rings. The van der Waals surface area contributed by atoms with E-state index >= 15 is 0 Å². The second-order valence-electron chi connectivity index (χ2n) is 9.62. The van der Waals surface area contributed by atoms with Crippen LogP contribution in [0.4, 0.5) is 0 Å². The van der Waals surface area contributed by atoms with Crippen LogP contribution in [-0.4, -0.2) is 94.7 Å². The number of hydrogen-bond donors (Lipinski definition) is 2. The van der Waals surface area contributed by atoms with E-state index in [1.165, 1.54) is 0 Å². The summed E-state index contributed by atoms with van der Waals surface area (Å²) in [7, 11) is 3.55. The normalized spacial score (nSPS) is 13.7. The highest BCUT2D eigenvalue weighted by Gasteiger charge is 2.29. The van der Waals surface area contributed by atoms with E-state index < -0.39 is 0 Å². The summed E-state index contributed by atoms with van der Waals surface area (Å²) in [4.78, 5) is 11.4. The molecule has 37 heavy (non-hydrogen) atoms. The van der Waals surface area contributed by atoms with Crippen molar-refractivity contribution in [3.63, 3.8) is 0 Å². The van der Waals surface area contributed by atoms with E-state index in [0.717, 1.165) is 25.1 Å². The number of nitrogens with one attached hydrogen (secondary N) is 2. The number of rotatable bonds is 25. The fourth-order valence-corrected chi connectivity index (χ4v) is 4.97. The lowest BCUT2D eigenvalue weighted by atomic mass is 10.3. The van der Waals surface area contributed by atoms with Crippen LogP contribution in [0.15, 0.2) is 24.3 Å². The van der Waals surface area contributed by atoms with Crippen molar-refractivity contribution >= 4 is 27.5 Å². The summed E-state index contributed by atoms with van der Waals surface area (Å²) < 4.78 is 28.8. The molecule has 0 radical (unpaired) electrons. The fraction of sp³-hybridized carbons (Fsp3) is 0.815. The number of ether oxygens (including phenoxy) is 5. The maximum Gasteiger partial charge on any atom is 0.222 e. The number of hydrogen-bond acceptors (Lipinski definition) is 9. The maximum absolute atomic E-state index is 11.7. The molecule has 0 aromatic rings. The fourth-order valence-electron chi connectivity index (χ4n) is 2.58. The topological polar surface area (TPSA) is 87.3 Å². The Morgan fingerprint density at radius 3 is 2.08 bits per heavy atom. The third-order valence-electron chi connectivity index (χ3n) is 4.51. The van der Waals surface area contributed by atoms with Crippen molar-refractivity contribution in [3.8, 4) is 0 Å². The van der Waals surface area contributed by atoms with Crippen LogP contribution < -0.4 is 10.6 Å². The van der Waals surface area contributed by atoms with Crippen LogP contribution in [0.1, 0.15) is 54.4 Å². The molecule has 0 rings (SSSR count). The largest absolute Gasteiger partial charge is 0.379 e. The van der Waals surface area contributed by atoms with Crippen LogP contribution in [0.3, 0.4) is 0 Å². The van der Waals surface area contributed by atoms with Gasteiger partial charge in [0.15, 0.2) is 0 Å². The average Bonchev–Trinajstić information content (AvgIpc) is 2.83. The van der Waals surface area contributed by atoms with Gasteiger partial charge in [0.2, 0.25) is 5.91 Å². The average molecular weight is 565 g/mol. The Kier molecular flexibility index (Phi) is 22.9. The lowest BCUT2D eigenvalue weighted by Gasteiger charge is -2.31. The highest BCUT2D eigenvalue weighted by molar-refractivity contribution is 8.77. The van der Waals surface area contributed by atoms with Crippen LogP contribution in [0.5, 0.6) is 0 Å². The number of carbonyl (C=O) groups excluding carboxylic acids is 1. The summed E-state index contributed by atoms with van der Waals surface area (Å²) in [5.41, 5.74) is 0.955. The van der Waals surface area contributed by atoms with Gasteiger partial charge in [0.1, 0.15) is 4.93 Å². The van der Waals surface area contributed by atoms with Crippen LogP contribution in [-0.2, 0) is 28.5 Å². The molecule has 0 aromatic heterocycles. The molecule has 2 N–H and O–H groups in total. The first-order valence-corrected chi connectivity index (χ1v) is 15.3. The molecule has 8 nitrogen and oxygen atoms in total. The molecular formula is C27H52N2O6S2. The highest BCUT2D eigenvalue weighted by atomic mass is 33.1. The van der Waals surface area contributed by atoms with Crippen molar-refractivity contribution in [1.29, 1.82) is 0 Å². The minimum Gasteiger partial charge on any atom is -0.379 e. The van der Waals surface area contributed by atoms with Crippen LogP contribution in [0.25, 0.3) is 0 Å². The van der Waals surface area contributed by atoms with Gasteiger partial charge in [0.25, 0.3) is 0 Å². The molecule has 0 aliphatic carbocycles. The molecular weight excluding hydrogens is 512 g/mol. The first kappa shape index (κ1) is 36.4. The standard InChI is InChI=1S/C27H52N2O6S2/c1-8-28-14-17-33-20-19-32-16-12-27(7,37-36-26(4,5)6)35-23-22-34-21-18-31-15-11-25(30)29-13-9-10-24(2)3/h9-10,28H,2,8,11-23H2,1,3-7H3,(H,29,30)/b10-9+. The molecule has 0 saturated heterocycles. The summed E-state index contributed by atoms with van der Waals surface area (Å²) >= 11 is 0. The van der Waals surface area contributed by atoms with Gasteiger partial charge in [-0.2, -0.15) is 0 Å². The second-order valence-corrected chi connectivity index (χ2v) is 13.0. The molecule has 0 saturated carbocycles. The Morgan fingerprint density at radius 2 is 1.46 bits per heavy atom. The van der Waals surface area contributed by atoms with E-state index in [9.17, 15) is 4.79 Å². The van der Waals surface area contributed by atoms with E-state index in [1.807, 2.05) is 29.9 Å². The van der Waals surface area contributed by atoms with Gasteiger partial charge < -0.3 is 34.3 Å². The molecule has 1 unspecified atom stereocenters. The zero-order valence-electron chi connectivity index (χ0n) is 24.0. The Balaban J connectivity index is 3.99. The number of amides is 1. The molecule has 0 spiro atoms. The lowest BCUT2D eigenvalue weighted by Crippen LogP contribution is -2.29. The molecule has 0 aromatic carbocycles. The SMILES string of the molecule is C=C(C)/C=C/CNC(=O)CCOCCOCCOC(C)(CCOCCOCCNCC)SSC(C)(C)C. The molecule has 0 bridgehead atoms. The molecule has 0 aliphatic heterocycles. The Morgan fingerprint density at radius 1 is 0.865 bits per heavy atom. The molecule has 0 heterocycles. The predicted octanol–water partition coefficient (Wildman–Crippen LogP) is 4.60. The van der Waals surface area contributed by atoms with Crippen LogP contribution >= 0.6 is 21.6 Å². The van der Waals surface area contributed by atoms with Gasteiger partial charge in [0.05, 0.1) is 59.5 Å². The van der Waals surface area contributed by atoms with E-state index in [0.29, 0.717) is 72.4 Å². The summed E-state index contributed by atoms with van der Waals surface area (Å²) in [5.74, 6) is -0.0358. The van der Waals surface area contributed by atoms with Gasteiger partial charge in [-0.25, -0.2) is 0 Å². The van der Waals surface area contributed by atoms with Crippen LogP contribution in [0.2, 0.25) is 0 Å². The zero-order chi connectivity index (χ0) is 27.8. The zero-order valence-corrected chi connectivity index (χ0v) is 25.7. The van der Waals surface area contributed by atoms with Crippen molar-refractivity contribution in [1.82, 2.24) is 10.6 Å². The minimum absolute atomic E-state index is 0.0358. The predicted molar refractivity (Wildman–Crippen MR) is 157 cm³/mol. The molecule has 218 valence electrons. The van der Waals surface area contributed by atoms with E-state index in [2.05, 4.69) is 51.8 Å². The molecule has 0 aliphatic rings. The third kappa shape index (κ3) is 26.8. The van der Waals surface area contributed by atoms with Crippen molar-refractivity contribution in [2.24, 2.45) is 0 Å². The number of carbonyl (C=O) groups is 1. The first-order chi connectivity index (χ1) is 17.6. The lowest BCUT2D eigenvalue weighted by molar-refractivity contribution is -0.122. The van der Waals surface area contributed by atoms with E-state index in [-0.39, 0.29) is 15.6 Å². The monoisotopic (exact) mass is 564 g/mol. The van der Waals surface area contributed by atoms with Gasteiger partial charge in [0, 0.05) is 30.7 Å². The quantitative estimate of drug-likeness (QED) is 0.0715. The van der Waals surface area contributed by atoms with Crippen molar-refractivity contribution in [2.45, 2.75) is 64.1 Å². The first-order valence-electron chi connectivity index (χ1n) is 13.2. The van der Waals surface area contributed by atoms with E-state index in [1.54, 1.807) is 10.8 Å². The third-order valence-corrected chi connectivity index (χ3v) is 8.58. The Hall–Kier alpha value is -0.590. The molecule has 10 heteroatoms. The van der Waals surface area contributed by atoms with Gasteiger partial charge in [-0.05, 0) is 20.4 Å². The molecule has 1 atom stereocenters. The highest BCUT2D eigenvalue weighted by Crippen LogP contribution is 2.45. The summed E-state index contributed by atoms with van der Waals surface area (Å²) in [6.45, 7) is 23.5. The number of likely N-dealkylation sites (N-methyl/N-ethyl adjacent to an activating group) is 1. The summed E-state index contributed by atoms with van der Waals surface area (Å²) in [5, 5.41) is 6.04. The minimum atomic E-state index is -0.378. The van der Waals surface area contributed by atoms with Gasteiger partial charge in [-0.15, -0.1) is 0 Å². The summed E-state index contributed by atoms with van der Waals surface area (Å²) in [6.07, 6.45) is 4.85.